The van der Waals surface area contributed by atoms with Crippen LogP contribution in [0.5, 0.6) is 0 Å². The summed E-state index contributed by atoms with van der Waals surface area (Å²) in [5, 5.41) is 5.62. The highest BCUT2D eigenvalue weighted by Gasteiger charge is 2.39. The molecule has 1 unspecified atom stereocenters. The molecule has 38 heavy (non-hydrogen) atoms. The zero-order valence-electron chi connectivity index (χ0n) is 21.8. The Morgan fingerprint density at radius 1 is 1.03 bits per heavy atom. The molecule has 0 amide bonds. The number of nitrogens with zero attached hydrogens (tertiary/aromatic N) is 5. The first kappa shape index (κ1) is 23.4. The maximum absolute atomic E-state index is 7.18. The number of pyridine rings is 3. The highest BCUT2D eigenvalue weighted by atomic mass is 15.0. The molecule has 0 bridgehead atoms. The van der Waals surface area contributed by atoms with Gasteiger partial charge in [-0.25, -0.2) is 15.0 Å². The molecule has 1 aliphatic heterocycles. The van der Waals surface area contributed by atoms with Crippen LogP contribution in [-0.4, -0.2) is 43.0 Å². The van der Waals surface area contributed by atoms with Crippen molar-refractivity contribution in [3.63, 3.8) is 0 Å². The topological polar surface area (TPSA) is 118 Å². The molecule has 7 rings (SSSR count). The quantitative estimate of drug-likeness (QED) is 0.303. The molecule has 8 nitrogen and oxygen atoms in total. The number of hydrogen-bond acceptors (Lipinski definition) is 7. The Morgan fingerprint density at radius 2 is 1.92 bits per heavy atom. The molecule has 1 aliphatic carbocycles. The summed E-state index contributed by atoms with van der Waals surface area (Å²) < 4.78 is 0. The number of aromatic amines is 1. The largest absolute Gasteiger partial charge is 0.339 e. The van der Waals surface area contributed by atoms with Crippen LogP contribution in [0, 0.1) is 11.3 Å². The van der Waals surface area contributed by atoms with Crippen LogP contribution in [0.3, 0.4) is 0 Å². The average Bonchev–Trinajstić information content (AvgIpc) is 3.69. The van der Waals surface area contributed by atoms with E-state index in [0.29, 0.717) is 17.7 Å². The molecule has 1 saturated carbocycles. The van der Waals surface area contributed by atoms with Crippen LogP contribution in [0.2, 0.25) is 0 Å². The molecular weight excluding hydrogens is 472 g/mol. The molecule has 0 aromatic carbocycles. The highest BCUT2D eigenvalue weighted by Crippen LogP contribution is 2.46. The predicted molar refractivity (Wildman–Crippen MR) is 149 cm³/mol. The van der Waals surface area contributed by atoms with Crippen LogP contribution < -0.4 is 11.1 Å². The lowest BCUT2D eigenvalue weighted by molar-refractivity contribution is 0.128. The number of aromatic nitrogens is 6. The summed E-state index contributed by atoms with van der Waals surface area (Å²) in [5.41, 5.74) is 14.0. The van der Waals surface area contributed by atoms with Crippen molar-refractivity contribution < 1.29 is 0 Å². The van der Waals surface area contributed by atoms with Gasteiger partial charge in [-0.1, -0.05) is 13.8 Å². The van der Waals surface area contributed by atoms with E-state index >= 15 is 0 Å². The van der Waals surface area contributed by atoms with Crippen LogP contribution in [0.1, 0.15) is 56.3 Å². The van der Waals surface area contributed by atoms with Gasteiger partial charge in [0.1, 0.15) is 5.65 Å². The van der Waals surface area contributed by atoms with E-state index in [9.17, 15) is 0 Å². The van der Waals surface area contributed by atoms with E-state index in [1.807, 2.05) is 43.0 Å². The van der Waals surface area contributed by atoms with E-state index in [1.165, 1.54) is 18.4 Å². The minimum atomic E-state index is -0.203. The number of nitrogens with one attached hydrogen (secondary N) is 2. The number of rotatable bonds is 5. The molecule has 2 atom stereocenters. The fourth-order valence-corrected chi connectivity index (χ4v) is 6.15. The first-order valence-corrected chi connectivity index (χ1v) is 13.5. The van der Waals surface area contributed by atoms with Gasteiger partial charge in [0.15, 0.2) is 5.82 Å². The number of hydrogen-bond donors (Lipinski definition) is 3. The molecule has 2 aliphatic rings. The van der Waals surface area contributed by atoms with Crippen molar-refractivity contribution in [3.05, 3.63) is 66.5 Å². The second kappa shape index (κ2) is 8.92. The van der Waals surface area contributed by atoms with Crippen molar-refractivity contribution in [2.75, 3.05) is 13.1 Å². The van der Waals surface area contributed by atoms with Gasteiger partial charge in [0.25, 0.3) is 0 Å². The lowest BCUT2D eigenvalue weighted by Crippen LogP contribution is -2.47. The van der Waals surface area contributed by atoms with Gasteiger partial charge < -0.3 is 16.0 Å². The minimum Gasteiger partial charge on any atom is -0.339 e. The zero-order valence-corrected chi connectivity index (χ0v) is 21.8. The Morgan fingerprint density at radius 3 is 2.71 bits per heavy atom. The van der Waals surface area contributed by atoms with Crippen molar-refractivity contribution in [2.45, 2.75) is 45.1 Å². The Bertz CT molecular complexity index is 1640. The van der Waals surface area contributed by atoms with Crippen molar-refractivity contribution in [1.82, 2.24) is 35.2 Å². The third-order valence-corrected chi connectivity index (χ3v) is 8.39. The van der Waals surface area contributed by atoms with Gasteiger partial charge in [-0.05, 0) is 72.9 Å². The molecule has 5 aromatic rings. The van der Waals surface area contributed by atoms with Gasteiger partial charge in [-0.3, -0.25) is 9.97 Å². The normalized spacial score (nSPS) is 20.1. The lowest BCUT2D eigenvalue weighted by Gasteiger charge is -2.42. The number of H-pyrrole nitrogens is 1. The number of nitrogens with two attached hydrogens (primary N) is 1. The predicted octanol–water partition coefficient (Wildman–Crippen LogP) is 5.14. The molecule has 6 heterocycles. The Kier molecular flexibility index (Phi) is 5.49. The minimum absolute atomic E-state index is 0.0606. The molecule has 5 aromatic heterocycles. The monoisotopic (exact) mass is 504 g/mol. The summed E-state index contributed by atoms with van der Waals surface area (Å²) in [5.74, 6) is 1.48. The van der Waals surface area contributed by atoms with Crippen molar-refractivity contribution in [3.8, 4) is 22.6 Å². The number of piperidine rings is 1. The van der Waals surface area contributed by atoms with Gasteiger partial charge in [0, 0.05) is 58.9 Å². The third kappa shape index (κ3) is 3.95. The maximum atomic E-state index is 7.18. The summed E-state index contributed by atoms with van der Waals surface area (Å²) in [6, 6.07) is 7.86. The molecule has 8 heteroatoms. The highest BCUT2D eigenvalue weighted by molar-refractivity contribution is 5.96. The second-order valence-electron chi connectivity index (χ2n) is 11.5. The fraction of sp³-hybridized carbons (Fsp3) is 0.367. The second-order valence-corrected chi connectivity index (χ2v) is 11.5. The third-order valence-electron chi connectivity index (χ3n) is 8.39. The number of fused-ring (bicyclic) bond motifs is 2. The van der Waals surface area contributed by atoms with Crippen LogP contribution in [0.15, 0.2) is 55.2 Å². The average molecular weight is 505 g/mol. The molecule has 1 saturated heterocycles. The molecule has 4 N–H and O–H groups in total. The van der Waals surface area contributed by atoms with E-state index in [0.717, 1.165) is 64.0 Å². The maximum Gasteiger partial charge on any atom is 0.160 e. The van der Waals surface area contributed by atoms with Gasteiger partial charge in [-0.15, -0.1) is 0 Å². The van der Waals surface area contributed by atoms with Crippen molar-refractivity contribution in [2.24, 2.45) is 17.1 Å². The van der Waals surface area contributed by atoms with Crippen LogP contribution in [0.4, 0.5) is 0 Å². The first-order chi connectivity index (χ1) is 18.5. The Balaban J connectivity index is 1.43. The SMILES string of the molecule is CC1(C)CNCC[C@@H]1C(N)c1nc(-c2ccnc3[nH]c(-c4cccnc4)cc23)nc2cncc(C3CC3)c12. The lowest BCUT2D eigenvalue weighted by atomic mass is 9.70. The van der Waals surface area contributed by atoms with Crippen LogP contribution in [-0.2, 0) is 0 Å². The summed E-state index contributed by atoms with van der Waals surface area (Å²) in [6.45, 7) is 6.54. The summed E-state index contributed by atoms with van der Waals surface area (Å²) in [7, 11) is 0. The molecule has 2 fully saturated rings. The smallest absolute Gasteiger partial charge is 0.160 e. The first-order valence-electron chi connectivity index (χ1n) is 13.5. The standard InChI is InChI=1S/C30H32N8/c1-30(2)16-33-10-8-22(30)26(31)27-25-21(17-5-6-17)14-34-15-24(25)37-29(38-27)19-7-11-35-28-20(19)12-23(36-28)18-4-3-9-32-13-18/h3-4,7,9,11-15,17,22,26,33H,5-6,8,10,16,31H2,1-2H3,(H,35,36)/t22-,26?/m1/s1. The van der Waals surface area contributed by atoms with Crippen molar-refractivity contribution in [1.29, 1.82) is 0 Å². The summed E-state index contributed by atoms with van der Waals surface area (Å²) >= 11 is 0. The molecular formula is C30H32N8. The van der Waals surface area contributed by atoms with E-state index in [-0.39, 0.29) is 11.5 Å². The van der Waals surface area contributed by atoms with Crippen LogP contribution in [0.25, 0.3) is 44.6 Å². The Labute approximate surface area is 221 Å². The fourth-order valence-electron chi connectivity index (χ4n) is 6.15. The van der Waals surface area contributed by atoms with E-state index in [4.69, 9.17) is 15.7 Å². The Hall–Kier alpha value is -3.75. The zero-order chi connectivity index (χ0) is 25.9. The van der Waals surface area contributed by atoms with Gasteiger partial charge in [0.05, 0.1) is 23.4 Å². The van der Waals surface area contributed by atoms with Crippen LogP contribution >= 0.6 is 0 Å². The van der Waals surface area contributed by atoms with E-state index in [2.05, 4.69) is 45.2 Å². The van der Waals surface area contributed by atoms with Gasteiger partial charge in [-0.2, -0.15) is 0 Å². The molecule has 192 valence electrons. The molecule has 0 spiro atoms. The van der Waals surface area contributed by atoms with Crippen molar-refractivity contribution >= 4 is 21.9 Å². The van der Waals surface area contributed by atoms with Gasteiger partial charge >= 0.3 is 0 Å². The van der Waals surface area contributed by atoms with Gasteiger partial charge in [0.2, 0.25) is 0 Å². The van der Waals surface area contributed by atoms with E-state index < -0.39 is 0 Å². The molecule has 0 radical (unpaired) electrons. The summed E-state index contributed by atoms with van der Waals surface area (Å²) in [4.78, 5) is 27.3. The van der Waals surface area contributed by atoms with E-state index in [1.54, 1.807) is 6.20 Å². The summed E-state index contributed by atoms with van der Waals surface area (Å²) in [6.07, 6.45) is 12.7.